The van der Waals surface area contributed by atoms with E-state index < -0.39 is 12.0 Å². The number of nitrogens with zero attached hydrogens (tertiary/aromatic N) is 1. The zero-order valence-electron chi connectivity index (χ0n) is 10.7. The molecule has 18 heavy (non-hydrogen) atoms. The first-order valence-corrected chi connectivity index (χ1v) is 6.47. The van der Waals surface area contributed by atoms with Gasteiger partial charge in [-0.15, -0.1) is 0 Å². The van der Waals surface area contributed by atoms with Crippen LogP contribution in [0.25, 0.3) is 0 Å². The summed E-state index contributed by atoms with van der Waals surface area (Å²) in [4.78, 5) is 13.1. The fourth-order valence-electron chi connectivity index (χ4n) is 2.16. The quantitative estimate of drug-likeness (QED) is 0.835. The van der Waals surface area contributed by atoms with E-state index in [9.17, 15) is 4.79 Å². The molecule has 0 bridgehead atoms. The van der Waals surface area contributed by atoms with Crippen molar-refractivity contribution in [2.24, 2.45) is 0 Å². The number of carboxylic acids is 1. The Bertz CT molecular complexity index is 397. The van der Waals surface area contributed by atoms with Crippen LogP contribution in [0.2, 0.25) is 0 Å². The van der Waals surface area contributed by atoms with Gasteiger partial charge in [0.25, 0.3) is 0 Å². The maximum Gasteiger partial charge on any atom is 0.320 e. The fourth-order valence-corrected chi connectivity index (χ4v) is 2.16. The number of nitrogens with one attached hydrogen (secondary N) is 1. The summed E-state index contributed by atoms with van der Waals surface area (Å²) in [6, 6.07) is 7.86. The van der Waals surface area contributed by atoms with E-state index in [-0.39, 0.29) is 0 Å². The summed E-state index contributed by atoms with van der Waals surface area (Å²) in [5, 5.41) is 11.8. The number of benzene rings is 1. The molecule has 1 fully saturated rings. The Morgan fingerprint density at radius 2 is 1.94 bits per heavy atom. The lowest BCUT2D eigenvalue weighted by molar-refractivity contribution is -0.139. The van der Waals surface area contributed by atoms with Gasteiger partial charge in [-0.2, -0.15) is 0 Å². The van der Waals surface area contributed by atoms with E-state index in [1.807, 2.05) is 0 Å². The molecule has 4 heteroatoms. The van der Waals surface area contributed by atoms with E-state index in [0.717, 1.165) is 18.7 Å². The highest BCUT2D eigenvalue weighted by Gasteiger charge is 2.12. The third-order valence-corrected chi connectivity index (χ3v) is 3.39. The van der Waals surface area contributed by atoms with Crippen LogP contribution in [0.5, 0.6) is 0 Å². The van der Waals surface area contributed by atoms with Gasteiger partial charge in [-0.05, 0) is 37.5 Å². The van der Waals surface area contributed by atoms with Gasteiger partial charge in [-0.3, -0.25) is 4.79 Å². The van der Waals surface area contributed by atoms with Gasteiger partial charge in [0.15, 0.2) is 0 Å². The van der Waals surface area contributed by atoms with Crippen molar-refractivity contribution in [3.8, 4) is 0 Å². The lowest BCUT2D eigenvalue weighted by Gasteiger charge is -2.18. The summed E-state index contributed by atoms with van der Waals surface area (Å²) in [5.74, 6) is -0.816. The molecule has 98 valence electrons. The average molecular weight is 248 g/mol. The molecule has 1 aliphatic heterocycles. The second-order valence-corrected chi connectivity index (χ2v) is 4.80. The van der Waals surface area contributed by atoms with Crippen LogP contribution in [-0.2, 0) is 11.3 Å². The number of anilines is 1. The first kappa shape index (κ1) is 12.9. The molecule has 2 rings (SSSR count). The molecular formula is C14H20N2O2. The third kappa shape index (κ3) is 3.23. The molecule has 1 aromatic carbocycles. The number of rotatable bonds is 5. The molecule has 0 aromatic heterocycles. The number of aliphatic carboxylic acids is 1. The summed E-state index contributed by atoms with van der Waals surface area (Å²) in [6.45, 7) is 4.54. The topological polar surface area (TPSA) is 52.6 Å². The lowest BCUT2D eigenvalue weighted by Crippen LogP contribution is -2.33. The zero-order chi connectivity index (χ0) is 13.0. The van der Waals surface area contributed by atoms with Crippen molar-refractivity contribution >= 4 is 11.7 Å². The van der Waals surface area contributed by atoms with Crippen molar-refractivity contribution in [3.05, 3.63) is 29.8 Å². The molecule has 1 saturated heterocycles. The van der Waals surface area contributed by atoms with Gasteiger partial charge in [0.05, 0.1) is 0 Å². The first-order chi connectivity index (χ1) is 8.66. The molecule has 1 aromatic rings. The van der Waals surface area contributed by atoms with E-state index in [2.05, 4.69) is 34.5 Å². The first-order valence-electron chi connectivity index (χ1n) is 6.47. The number of hydrogen-bond acceptors (Lipinski definition) is 3. The summed E-state index contributed by atoms with van der Waals surface area (Å²) < 4.78 is 0. The minimum Gasteiger partial charge on any atom is -0.480 e. The maximum atomic E-state index is 10.7. The fraction of sp³-hybridized carbons (Fsp3) is 0.500. The van der Waals surface area contributed by atoms with Gasteiger partial charge >= 0.3 is 5.97 Å². The average Bonchev–Trinajstić information content (AvgIpc) is 2.90. The second kappa shape index (κ2) is 5.87. The third-order valence-electron chi connectivity index (χ3n) is 3.39. The Balaban J connectivity index is 1.89. The van der Waals surface area contributed by atoms with Gasteiger partial charge < -0.3 is 15.3 Å². The molecule has 4 nitrogen and oxygen atoms in total. The Hall–Kier alpha value is -1.55. The molecule has 2 N–H and O–H groups in total. The van der Waals surface area contributed by atoms with Crippen LogP contribution in [0.1, 0.15) is 25.3 Å². The monoisotopic (exact) mass is 248 g/mol. The van der Waals surface area contributed by atoms with Crippen molar-refractivity contribution < 1.29 is 9.90 Å². The Labute approximate surface area is 108 Å². The molecule has 0 aliphatic carbocycles. The molecule has 0 radical (unpaired) electrons. The van der Waals surface area contributed by atoms with Gasteiger partial charge in [0, 0.05) is 25.3 Å². The molecule has 0 amide bonds. The highest BCUT2D eigenvalue weighted by molar-refractivity contribution is 5.72. The van der Waals surface area contributed by atoms with Crippen LogP contribution in [0.3, 0.4) is 0 Å². The predicted octanol–water partition coefficient (Wildman–Crippen LogP) is 1.85. The molecule has 0 saturated carbocycles. The number of carbonyl (C=O) groups is 1. The van der Waals surface area contributed by atoms with Crippen LogP contribution >= 0.6 is 0 Å². The van der Waals surface area contributed by atoms with Crippen molar-refractivity contribution in [2.45, 2.75) is 32.4 Å². The van der Waals surface area contributed by atoms with Gasteiger partial charge in [0.1, 0.15) is 6.04 Å². The van der Waals surface area contributed by atoms with E-state index >= 15 is 0 Å². The van der Waals surface area contributed by atoms with Crippen LogP contribution in [0, 0.1) is 0 Å². The zero-order valence-corrected chi connectivity index (χ0v) is 10.7. The van der Waals surface area contributed by atoms with E-state index in [1.54, 1.807) is 6.92 Å². The molecule has 1 aliphatic rings. The maximum absolute atomic E-state index is 10.7. The number of carboxylic acid groups (broad SMARTS) is 1. The lowest BCUT2D eigenvalue weighted by atomic mass is 10.2. The van der Waals surface area contributed by atoms with Crippen molar-refractivity contribution in [2.75, 3.05) is 18.0 Å². The summed E-state index contributed by atoms with van der Waals surface area (Å²) in [5.41, 5.74) is 2.38. The largest absolute Gasteiger partial charge is 0.480 e. The normalized spacial score (nSPS) is 16.8. The Morgan fingerprint density at radius 1 is 1.33 bits per heavy atom. The summed E-state index contributed by atoms with van der Waals surface area (Å²) in [6.07, 6.45) is 2.55. The summed E-state index contributed by atoms with van der Waals surface area (Å²) >= 11 is 0. The van der Waals surface area contributed by atoms with Crippen LogP contribution < -0.4 is 10.2 Å². The predicted molar refractivity (Wildman–Crippen MR) is 71.8 cm³/mol. The van der Waals surface area contributed by atoms with Crippen molar-refractivity contribution in [1.82, 2.24) is 5.32 Å². The minimum absolute atomic E-state index is 0.511. The Morgan fingerprint density at radius 3 is 2.50 bits per heavy atom. The van der Waals surface area contributed by atoms with Crippen LogP contribution in [0.4, 0.5) is 5.69 Å². The molecule has 1 heterocycles. The molecule has 1 unspecified atom stereocenters. The van der Waals surface area contributed by atoms with Gasteiger partial charge in [-0.25, -0.2) is 0 Å². The van der Waals surface area contributed by atoms with Crippen LogP contribution in [0.15, 0.2) is 24.3 Å². The van der Waals surface area contributed by atoms with E-state index in [4.69, 9.17) is 5.11 Å². The second-order valence-electron chi connectivity index (χ2n) is 4.80. The Kier molecular flexibility index (Phi) is 4.20. The van der Waals surface area contributed by atoms with Gasteiger partial charge in [0.2, 0.25) is 0 Å². The molecule has 0 spiro atoms. The van der Waals surface area contributed by atoms with Gasteiger partial charge in [-0.1, -0.05) is 12.1 Å². The summed E-state index contributed by atoms with van der Waals surface area (Å²) in [7, 11) is 0. The van der Waals surface area contributed by atoms with Crippen LogP contribution in [-0.4, -0.2) is 30.2 Å². The molecule has 1 atom stereocenters. The van der Waals surface area contributed by atoms with Crippen molar-refractivity contribution in [3.63, 3.8) is 0 Å². The highest BCUT2D eigenvalue weighted by Crippen LogP contribution is 2.20. The minimum atomic E-state index is -0.816. The molecular weight excluding hydrogens is 228 g/mol. The van der Waals surface area contributed by atoms with E-state index in [1.165, 1.54) is 18.5 Å². The number of hydrogen-bond donors (Lipinski definition) is 2. The smallest absolute Gasteiger partial charge is 0.320 e. The SMILES string of the molecule is CC(NCc1ccc(N2CCCC2)cc1)C(=O)O. The van der Waals surface area contributed by atoms with E-state index in [0.29, 0.717) is 6.54 Å². The standard InChI is InChI=1S/C14H20N2O2/c1-11(14(17)18)15-10-12-4-6-13(7-5-12)16-8-2-3-9-16/h4-7,11,15H,2-3,8-10H2,1H3,(H,17,18). The highest BCUT2D eigenvalue weighted by atomic mass is 16.4. The van der Waals surface area contributed by atoms with Crippen molar-refractivity contribution in [1.29, 1.82) is 0 Å².